The molecule has 4 rings (SSSR count). The second-order valence-corrected chi connectivity index (χ2v) is 8.74. The second-order valence-electron chi connectivity index (χ2n) is 8.74. The summed E-state index contributed by atoms with van der Waals surface area (Å²) in [5, 5.41) is 2.03. The number of allylic oxidation sites excluding steroid dienone is 9. The fraction of sp³-hybridized carbons (Fsp3) is 0.0588. The lowest BCUT2D eigenvalue weighted by Crippen LogP contribution is -2.15. The van der Waals surface area contributed by atoms with Crippen molar-refractivity contribution in [3.8, 4) is 0 Å². The van der Waals surface area contributed by atoms with E-state index in [9.17, 15) is 9.59 Å². The SMILES string of the molecule is C=C/C=C(\C=C)N(c1ccc(C)cc1)c1ccc2cc(C=C3C(=O)C(C=C)=C(/C=C\C)C3=O)ccc2c1. The van der Waals surface area contributed by atoms with Gasteiger partial charge in [0.1, 0.15) is 0 Å². The maximum Gasteiger partial charge on any atom is 0.197 e. The van der Waals surface area contributed by atoms with E-state index in [1.165, 1.54) is 11.6 Å². The molecule has 3 aromatic carbocycles. The Morgan fingerprint density at radius 1 is 0.811 bits per heavy atom. The van der Waals surface area contributed by atoms with E-state index >= 15 is 0 Å². The number of hydrogen-bond acceptors (Lipinski definition) is 3. The average molecular weight is 484 g/mol. The first-order chi connectivity index (χ1) is 17.9. The van der Waals surface area contributed by atoms with Crippen molar-refractivity contribution < 1.29 is 9.59 Å². The van der Waals surface area contributed by atoms with Gasteiger partial charge >= 0.3 is 0 Å². The van der Waals surface area contributed by atoms with Crippen LogP contribution in [0.25, 0.3) is 16.8 Å². The number of ketones is 2. The van der Waals surface area contributed by atoms with Crippen LogP contribution in [0.3, 0.4) is 0 Å². The molecule has 0 N–H and O–H groups in total. The largest absolute Gasteiger partial charge is 0.311 e. The lowest BCUT2D eigenvalue weighted by atomic mass is 10.0. The van der Waals surface area contributed by atoms with Gasteiger partial charge in [-0.3, -0.25) is 9.59 Å². The first-order valence-electron chi connectivity index (χ1n) is 12.1. The molecule has 0 bridgehead atoms. The lowest BCUT2D eigenvalue weighted by Gasteiger charge is -2.26. The molecule has 182 valence electrons. The number of fused-ring (bicyclic) bond motifs is 1. The van der Waals surface area contributed by atoms with Gasteiger partial charge in [0.05, 0.1) is 5.57 Å². The van der Waals surface area contributed by atoms with Crippen molar-refractivity contribution in [3.05, 3.63) is 150 Å². The van der Waals surface area contributed by atoms with Gasteiger partial charge in [-0.1, -0.05) is 79.9 Å². The van der Waals surface area contributed by atoms with Crippen molar-refractivity contribution in [2.24, 2.45) is 0 Å². The van der Waals surface area contributed by atoms with Gasteiger partial charge in [-0.15, -0.1) is 0 Å². The number of aryl methyl sites for hydroxylation is 1. The minimum atomic E-state index is -0.289. The Morgan fingerprint density at radius 3 is 2.11 bits per heavy atom. The van der Waals surface area contributed by atoms with Crippen LogP contribution in [0.1, 0.15) is 18.1 Å². The third kappa shape index (κ3) is 4.98. The lowest BCUT2D eigenvalue weighted by molar-refractivity contribution is -0.115. The number of carbonyl (C=O) groups is 2. The van der Waals surface area contributed by atoms with Crippen LogP contribution in [0.2, 0.25) is 0 Å². The van der Waals surface area contributed by atoms with Gasteiger partial charge in [-0.2, -0.15) is 0 Å². The van der Waals surface area contributed by atoms with Crippen LogP contribution in [0.5, 0.6) is 0 Å². The Labute approximate surface area is 218 Å². The summed E-state index contributed by atoms with van der Waals surface area (Å²) in [5.74, 6) is -0.559. The Morgan fingerprint density at radius 2 is 1.46 bits per heavy atom. The van der Waals surface area contributed by atoms with Crippen LogP contribution >= 0.6 is 0 Å². The number of nitrogens with zero attached hydrogens (tertiary/aromatic N) is 1. The monoisotopic (exact) mass is 483 g/mol. The summed E-state index contributed by atoms with van der Waals surface area (Å²) in [4.78, 5) is 27.9. The molecule has 0 unspecified atom stereocenters. The Bertz CT molecular complexity index is 1560. The van der Waals surface area contributed by atoms with Crippen molar-refractivity contribution in [2.45, 2.75) is 13.8 Å². The van der Waals surface area contributed by atoms with Crippen LogP contribution in [0, 0.1) is 6.92 Å². The predicted octanol–water partition coefficient (Wildman–Crippen LogP) is 8.14. The predicted molar refractivity (Wildman–Crippen MR) is 156 cm³/mol. The van der Waals surface area contributed by atoms with Crippen molar-refractivity contribution in [1.29, 1.82) is 0 Å². The fourth-order valence-corrected chi connectivity index (χ4v) is 4.45. The molecule has 3 nitrogen and oxygen atoms in total. The zero-order valence-electron chi connectivity index (χ0n) is 21.2. The van der Waals surface area contributed by atoms with Crippen LogP contribution < -0.4 is 4.90 Å². The van der Waals surface area contributed by atoms with Gasteiger partial charge in [0, 0.05) is 28.2 Å². The van der Waals surface area contributed by atoms with E-state index in [4.69, 9.17) is 0 Å². The van der Waals surface area contributed by atoms with Crippen molar-refractivity contribution in [2.75, 3.05) is 4.90 Å². The fourth-order valence-electron chi connectivity index (χ4n) is 4.45. The maximum atomic E-state index is 12.9. The molecule has 0 saturated carbocycles. The molecule has 0 aliphatic heterocycles. The molecule has 0 amide bonds. The average Bonchev–Trinajstić information content (AvgIpc) is 3.13. The molecule has 0 saturated heterocycles. The summed E-state index contributed by atoms with van der Waals surface area (Å²) in [6, 6.07) is 20.4. The normalized spacial score (nSPS) is 15.2. The minimum absolute atomic E-state index is 0.162. The number of Topliss-reactive ketones (excluding diaryl/α,β-unsaturated/α-hetero) is 2. The van der Waals surface area contributed by atoms with Crippen LogP contribution in [0.4, 0.5) is 11.4 Å². The van der Waals surface area contributed by atoms with Gasteiger partial charge in [0.2, 0.25) is 0 Å². The molecule has 0 radical (unpaired) electrons. The highest BCUT2D eigenvalue weighted by Gasteiger charge is 2.32. The second kappa shape index (κ2) is 10.9. The number of rotatable bonds is 8. The van der Waals surface area contributed by atoms with Gasteiger partial charge < -0.3 is 4.90 Å². The van der Waals surface area contributed by atoms with E-state index in [1.54, 1.807) is 24.3 Å². The number of hydrogen-bond donors (Lipinski definition) is 0. The van der Waals surface area contributed by atoms with Crippen molar-refractivity contribution in [3.63, 3.8) is 0 Å². The quantitative estimate of drug-likeness (QED) is 0.184. The van der Waals surface area contributed by atoms with Gasteiger partial charge in [-0.25, -0.2) is 0 Å². The number of carbonyl (C=O) groups excluding carboxylic acids is 2. The van der Waals surface area contributed by atoms with Gasteiger partial charge in [0.15, 0.2) is 11.6 Å². The minimum Gasteiger partial charge on any atom is -0.311 e. The molecule has 3 heteroatoms. The van der Waals surface area contributed by atoms with Gasteiger partial charge in [0.25, 0.3) is 0 Å². The van der Waals surface area contributed by atoms with E-state index < -0.39 is 0 Å². The van der Waals surface area contributed by atoms with E-state index in [2.05, 4.69) is 61.9 Å². The third-order valence-corrected chi connectivity index (χ3v) is 6.27. The molecular weight excluding hydrogens is 454 g/mol. The van der Waals surface area contributed by atoms with Crippen LogP contribution in [-0.4, -0.2) is 11.6 Å². The summed E-state index contributed by atoms with van der Waals surface area (Å²) < 4.78 is 0. The standard InChI is InChI=1S/C34H29NO2/c1-6-10-27(8-3)35(28-17-12-23(5)13-18-28)29-19-16-25-20-24(14-15-26(25)22-29)21-32-33(36)30(9-4)31(11-7-2)34(32)37/h6-22H,1,3-4H2,2,5H3/b11-7-,27-10+,32-21?. The molecule has 0 spiro atoms. The molecule has 0 atom stereocenters. The first kappa shape index (κ1) is 25.3. The molecule has 3 aromatic rings. The molecule has 0 fully saturated rings. The Balaban J connectivity index is 1.75. The highest BCUT2D eigenvalue weighted by molar-refractivity contribution is 6.41. The topological polar surface area (TPSA) is 37.4 Å². The first-order valence-corrected chi connectivity index (χ1v) is 12.1. The molecule has 37 heavy (non-hydrogen) atoms. The zero-order chi connectivity index (χ0) is 26.5. The Hall–Kier alpha value is -4.76. The van der Waals surface area contributed by atoms with Gasteiger partial charge in [-0.05, 0) is 78.7 Å². The van der Waals surface area contributed by atoms with Crippen LogP contribution in [-0.2, 0) is 9.59 Å². The van der Waals surface area contributed by atoms with Crippen molar-refractivity contribution >= 4 is 39.8 Å². The van der Waals surface area contributed by atoms with Crippen molar-refractivity contribution in [1.82, 2.24) is 0 Å². The summed E-state index contributed by atoms with van der Waals surface area (Å²) in [6.45, 7) is 15.4. The molecule has 1 aliphatic rings. The summed E-state index contributed by atoms with van der Waals surface area (Å²) >= 11 is 0. The summed E-state index contributed by atoms with van der Waals surface area (Å²) in [6.07, 6.45) is 12.0. The summed E-state index contributed by atoms with van der Waals surface area (Å²) in [5.41, 5.74) is 5.77. The maximum absolute atomic E-state index is 12.9. The van der Waals surface area contributed by atoms with Crippen LogP contribution in [0.15, 0.2) is 139 Å². The van der Waals surface area contributed by atoms with E-state index in [0.717, 1.165) is 33.4 Å². The smallest absolute Gasteiger partial charge is 0.197 e. The van der Waals surface area contributed by atoms with E-state index in [0.29, 0.717) is 11.1 Å². The van der Waals surface area contributed by atoms with E-state index in [-0.39, 0.29) is 17.1 Å². The Kier molecular flexibility index (Phi) is 7.45. The molecule has 0 aromatic heterocycles. The third-order valence-electron chi connectivity index (χ3n) is 6.27. The highest BCUT2D eigenvalue weighted by Crippen LogP contribution is 2.34. The van der Waals surface area contributed by atoms with E-state index in [1.807, 2.05) is 49.4 Å². The highest BCUT2D eigenvalue weighted by atomic mass is 16.2. The number of anilines is 2. The number of benzene rings is 3. The molecule has 1 aliphatic carbocycles. The summed E-state index contributed by atoms with van der Waals surface area (Å²) in [7, 11) is 0. The molecular formula is C34H29NO2. The molecule has 0 heterocycles. The zero-order valence-corrected chi connectivity index (χ0v) is 21.2.